The maximum atomic E-state index is 9.75. The van der Waals surface area contributed by atoms with Gasteiger partial charge in [-0.3, -0.25) is 0 Å². The molecule has 0 amide bonds. The first-order chi connectivity index (χ1) is 9.57. The molecule has 0 saturated heterocycles. The Kier molecular flexibility index (Phi) is 4.09. The van der Waals surface area contributed by atoms with E-state index in [1.165, 1.54) is 0 Å². The van der Waals surface area contributed by atoms with Crippen molar-refractivity contribution in [1.82, 2.24) is 10.1 Å². The zero-order chi connectivity index (χ0) is 14.8. The number of nitrogens with zero attached hydrogens (tertiary/aromatic N) is 2. The van der Waals surface area contributed by atoms with E-state index in [4.69, 9.17) is 9.26 Å². The molecular weight excluding hydrogens is 256 g/mol. The second-order valence-electron chi connectivity index (χ2n) is 4.78. The molecule has 5 nitrogen and oxygen atoms in total. The average molecular weight is 276 g/mol. The van der Waals surface area contributed by atoms with E-state index in [2.05, 4.69) is 10.1 Å². The third kappa shape index (κ3) is 2.29. The molecule has 5 heteroatoms. The van der Waals surface area contributed by atoms with Gasteiger partial charge in [0, 0.05) is 18.2 Å². The van der Waals surface area contributed by atoms with E-state index in [-0.39, 0.29) is 5.75 Å². The summed E-state index contributed by atoms with van der Waals surface area (Å²) in [5, 5.41) is 13.8. The molecule has 0 bridgehead atoms. The van der Waals surface area contributed by atoms with Gasteiger partial charge in [-0.15, -0.1) is 0 Å². The SMILES string of the molecule is CCC(CC)(OC)c1noc(-c2cccc(O)c2C)n1. The molecule has 0 aliphatic carbocycles. The normalized spacial score (nSPS) is 11.8. The van der Waals surface area contributed by atoms with Crippen molar-refractivity contribution < 1.29 is 14.4 Å². The minimum atomic E-state index is -0.521. The molecule has 0 unspecified atom stereocenters. The Morgan fingerprint density at radius 1 is 1.30 bits per heavy atom. The van der Waals surface area contributed by atoms with Gasteiger partial charge in [-0.2, -0.15) is 4.98 Å². The van der Waals surface area contributed by atoms with E-state index < -0.39 is 5.60 Å². The zero-order valence-corrected chi connectivity index (χ0v) is 12.3. The lowest BCUT2D eigenvalue weighted by molar-refractivity contribution is -0.0306. The Morgan fingerprint density at radius 2 is 2.00 bits per heavy atom. The number of hydrogen-bond acceptors (Lipinski definition) is 5. The van der Waals surface area contributed by atoms with Gasteiger partial charge < -0.3 is 14.4 Å². The molecule has 0 spiro atoms. The molecule has 1 heterocycles. The van der Waals surface area contributed by atoms with Crippen LogP contribution >= 0.6 is 0 Å². The topological polar surface area (TPSA) is 68.4 Å². The number of methoxy groups -OCH3 is 1. The predicted molar refractivity (Wildman–Crippen MR) is 75.4 cm³/mol. The summed E-state index contributed by atoms with van der Waals surface area (Å²) < 4.78 is 10.9. The highest BCUT2D eigenvalue weighted by Crippen LogP contribution is 2.33. The first kappa shape index (κ1) is 14.5. The Bertz CT molecular complexity index is 580. The molecule has 0 atom stereocenters. The number of rotatable bonds is 5. The fourth-order valence-electron chi connectivity index (χ4n) is 2.32. The Hall–Kier alpha value is -1.88. The highest BCUT2D eigenvalue weighted by molar-refractivity contribution is 5.61. The fraction of sp³-hybridized carbons (Fsp3) is 0.467. The molecule has 0 aliphatic rings. The van der Waals surface area contributed by atoms with Crippen molar-refractivity contribution in [3.63, 3.8) is 0 Å². The van der Waals surface area contributed by atoms with Gasteiger partial charge in [0.05, 0.1) is 0 Å². The van der Waals surface area contributed by atoms with Crippen molar-refractivity contribution in [2.24, 2.45) is 0 Å². The van der Waals surface area contributed by atoms with Crippen LogP contribution < -0.4 is 0 Å². The first-order valence-electron chi connectivity index (χ1n) is 6.76. The van der Waals surface area contributed by atoms with Crippen LogP contribution in [-0.2, 0) is 10.3 Å². The van der Waals surface area contributed by atoms with Gasteiger partial charge in [-0.1, -0.05) is 25.1 Å². The van der Waals surface area contributed by atoms with Crippen LogP contribution in [0, 0.1) is 6.92 Å². The highest BCUT2D eigenvalue weighted by atomic mass is 16.5. The molecule has 108 valence electrons. The Morgan fingerprint density at radius 3 is 2.60 bits per heavy atom. The molecule has 1 aromatic carbocycles. The standard InChI is InChI=1S/C15H20N2O3/c1-5-15(6-2,19-4)14-16-13(20-17-14)11-8-7-9-12(18)10(11)3/h7-9,18H,5-6H2,1-4H3. The van der Waals surface area contributed by atoms with E-state index >= 15 is 0 Å². The van der Waals surface area contributed by atoms with Crippen LogP contribution in [0.1, 0.15) is 38.1 Å². The van der Waals surface area contributed by atoms with Crippen molar-refractivity contribution in [3.8, 4) is 17.2 Å². The maximum Gasteiger partial charge on any atom is 0.258 e. The van der Waals surface area contributed by atoms with Gasteiger partial charge in [0.15, 0.2) is 0 Å². The zero-order valence-electron chi connectivity index (χ0n) is 12.3. The predicted octanol–water partition coefficient (Wildman–Crippen LogP) is 3.41. The molecule has 2 rings (SSSR count). The molecule has 1 aromatic heterocycles. The average Bonchev–Trinajstić information content (AvgIpc) is 2.95. The van der Waals surface area contributed by atoms with Gasteiger partial charge in [-0.25, -0.2) is 0 Å². The van der Waals surface area contributed by atoms with Crippen molar-refractivity contribution in [3.05, 3.63) is 29.6 Å². The van der Waals surface area contributed by atoms with Gasteiger partial charge >= 0.3 is 0 Å². The molecule has 0 aliphatic heterocycles. The summed E-state index contributed by atoms with van der Waals surface area (Å²) in [6, 6.07) is 5.23. The fourth-order valence-corrected chi connectivity index (χ4v) is 2.32. The molecule has 0 radical (unpaired) electrons. The lowest BCUT2D eigenvalue weighted by Crippen LogP contribution is -2.28. The summed E-state index contributed by atoms with van der Waals surface area (Å²) in [6.07, 6.45) is 1.52. The number of hydrogen-bond donors (Lipinski definition) is 1. The van der Waals surface area contributed by atoms with E-state index in [0.29, 0.717) is 11.7 Å². The monoisotopic (exact) mass is 276 g/mol. The maximum absolute atomic E-state index is 9.75. The quantitative estimate of drug-likeness (QED) is 0.906. The summed E-state index contributed by atoms with van der Waals surface area (Å²) in [7, 11) is 1.66. The second-order valence-corrected chi connectivity index (χ2v) is 4.78. The number of ether oxygens (including phenoxy) is 1. The Balaban J connectivity index is 2.45. The van der Waals surface area contributed by atoms with Crippen LogP contribution in [-0.4, -0.2) is 22.4 Å². The van der Waals surface area contributed by atoms with Crippen molar-refractivity contribution in [1.29, 1.82) is 0 Å². The number of benzene rings is 1. The van der Waals surface area contributed by atoms with Crippen LogP contribution in [0.25, 0.3) is 11.5 Å². The highest BCUT2D eigenvalue weighted by Gasteiger charge is 2.34. The first-order valence-corrected chi connectivity index (χ1v) is 6.76. The van der Waals surface area contributed by atoms with E-state index in [1.54, 1.807) is 19.2 Å². The summed E-state index contributed by atoms with van der Waals surface area (Å²) in [5.74, 6) is 1.16. The summed E-state index contributed by atoms with van der Waals surface area (Å²) in [6.45, 7) is 5.88. The number of phenols is 1. The number of aromatic nitrogens is 2. The van der Waals surface area contributed by atoms with Gasteiger partial charge in [-0.05, 0) is 31.9 Å². The third-order valence-corrected chi connectivity index (χ3v) is 3.90. The third-order valence-electron chi connectivity index (χ3n) is 3.90. The molecular formula is C15H20N2O3. The minimum Gasteiger partial charge on any atom is -0.508 e. The van der Waals surface area contributed by atoms with Crippen LogP contribution in [0.3, 0.4) is 0 Å². The van der Waals surface area contributed by atoms with Gasteiger partial charge in [0.2, 0.25) is 5.82 Å². The van der Waals surface area contributed by atoms with Gasteiger partial charge in [0.25, 0.3) is 5.89 Å². The number of phenolic OH excluding ortho intramolecular Hbond substituents is 1. The minimum absolute atomic E-state index is 0.214. The molecule has 0 saturated carbocycles. The smallest absolute Gasteiger partial charge is 0.258 e. The van der Waals surface area contributed by atoms with Gasteiger partial charge in [0.1, 0.15) is 11.4 Å². The second kappa shape index (κ2) is 5.63. The van der Waals surface area contributed by atoms with Crippen LogP contribution in [0.5, 0.6) is 5.75 Å². The van der Waals surface area contributed by atoms with E-state index in [1.807, 2.05) is 26.8 Å². The summed E-state index contributed by atoms with van der Waals surface area (Å²) in [5.41, 5.74) is 0.937. The summed E-state index contributed by atoms with van der Waals surface area (Å²) >= 11 is 0. The lowest BCUT2D eigenvalue weighted by atomic mass is 9.96. The molecule has 0 fully saturated rings. The van der Waals surface area contributed by atoms with Crippen LogP contribution in [0.15, 0.2) is 22.7 Å². The van der Waals surface area contributed by atoms with E-state index in [9.17, 15) is 5.11 Å². The van der Waals surface area contributed by atoms with Crippen molar-refractivity contribution in [2.45, 2.75) is 39.2 Å². The lowest BCUT2D eigenvalue weighted by Gasteiger charge is -2.25. The van der Waals surface area contributed by atoms with Crippen LogP contribution in [0.4, 0.5) is 0 Å². The van der Waals surface area contributed by atoms with Crippen molar-refractivity contribution in [2.75, 3.05) is 7.11 Å². The summed E-state index contributed by atoms with van der Waals surface area (Å²) in [4.78, 5) is 4.45. The largest absolute Gasteiger partial charge is 0.508 e. The van der Waals surface area contributed by atoms with E-state index in [0.717, 1.165) is 24.0 Å². The molecule has 2 aromatic rings. The van der Waals surface area contributed by atoms with Crippen LogP contribution in [0.2, 0.25) is 0 Å². The number of aromatic hydroxyl groups is 1. The van der Waals surface area contributed by atoms with Crippen molar-refractivity contribution >= 4 is 0 Å². The molecule has 20 heavy (non-hydrogen) atoms. The Labute approximate surface area is 118 Å². The molecule has 1 N–H and O–H groups in total.